The van der Waals surface area contributed by atoms with Gasteiger partial charge in [0.25, 0.3) is 0 Å². The first-order valence-corrected chi connectivity index (χ1v) is 7.29. The highest BCUT2D eigenvalue weighted by Crippen LogP contribution is 2.29. The molecule has 3 fully saturated rings. The van der Waals surface area contributed by atoms with Gasteiger partial charge in [-0.2, -0.15) is 0 Å². The minimum Gasteiger partial charge on any atom is -0.605 e. The minimum absolute atomic E-state index is 0.0808. The first-order chi connectivity index (χ1) is 9.93. The molecule has 0 spiro atoms. The number of hydrogen-bond acceptors (Lipinski definition) is 7. The first-order valence-electron chi connectivity index (χ1n) is 6.89. The van der Waals surface area contributed by atoms with E-state index in [1.165, 1.54) is 0 Å². The van der Waals surface area contributed by atoms with E-state index < -0.39 is 30.8 Å². The zero-order valence-corrected chi connectivity index (χ0v) is 12.4. The number of fused-ring (bicyclic) bond motifs is 1. The molecule has 0 aromatic carbocycles. The molecule has 0 aliphatic carbocycles. The van der Waals surface area contributed by atoms with E-state index in [0.717, 1.165) is 0 Å². The van der Waals surface area contributed by atoms with Crippen LogP contribution in [0.5, 0.6) is 0 Å². The lowest BCUT2D eigenvalue weighted by molar-refractivity contribution is -0.737. The molecule has 0 aromatic rings. The van der Waals surface area contributed by atoms with Crippen molar-refractivity contribution < 1.29 is 25.4 Å². The smallest absolute Gasteiger partial charge is 0.168 e. The first kappa shape index (κ1) is 15.5. The van der Waals surface area contributed by atoms with Crippen molar-refractivity contribution in [3.05, 3.63) is 5.73 Å². The molecule has 7 N–H and O–H groups in total. The predicted molar refractivity (Wildman–Crippen MR) is 75.6 cm³/mol. The average Bonchev–Trinajstić information content (AvgIpc) is 2.89. The van der Waals surface area contributed by atoms with Crippen molar-refractivity contribution in [2.45, 2.75) is 43.0 Å². The van der Waals surface area contributed by atoms with Gasteiger partial charge in [-0.25, -0.2) is 4.90 Å². The number of quaternary nitrogens is 1. The number of likely N-dealkylation sites (N-methyl/N-ethyl adjacent to an activating group) is 1. The van der Waals surface area contributed by atoms with Crippen molar-refractivity contribution in [2.24, 2.45) is 0 Å². The van der Waals surface area contributed by atoms with Crippen LogP contribution in [0, 0.1) is 0 Å². The van der Waals surface area contributed by atoms with Gasteiger partial charge in [0.1, 0.15) is 35.6 Å². The molecular formula is C11H21N5O4S. The van der Waals surface area contributed by atoms with Crippen molar-refractivity contribution >= 4 is 17.2 Å². The molecule has 3 unspecified atom stereocenters. The van der Waals surface area contributed by atoms with E-state index in [2.05, 4.69) is 5.32 Å². The number of thiocarbonyl (C=S) groups is 1. The SMILES string of the molecule is CN1CN([C@@H]2O[C@H](CO)[C@@H](O)[C@H]2O)C2[NH2+]C([NH-])NC(=S)C21. The fourth-order valence-electron chi connectivity index (χ4n) is 3.34. The van der Waals surface area contributed by atoms with Crippen molar-refractivity contribution in [2.75, 3.05) is 20.3 Å². The summed E-state index contributed by atoms with van der Waals surface area (Å²) in [5.74, 6) is 0. The Balaban J connectivity index is 1.81. The molecule has 3 rings (SSSR count). The number of rotatable bonds is 2. The van der Waals surface area contributed by atoms with Crippen LogP contribution in [-0.4, -0.2) is 93.5 Å². The monoisotopic (exact) mass is 319 g/mol. The van der Waals surface area contributed by atoms with E-state index >= 15 is 0 Å². The van der Waals surface area contributed by atoms with Crippen LogP contribution < -0.4 is 10.6 Å². The zero-order valence-electron chi connectivity index (χ0n) is 11.6. The second kappa shape index (κ2) is 5.65. The lowest BCUT2D eigenvalue weighted by atomic mass is 10.1. The van der Waals surface area contributed by atoms with E-state index in [1.807, 2.05) is 16.8 Å². The molecule has 9 nitrogen and oxygen atoms in total. The molecule has 3 heterocycles. The molecular weight excluding hydrogens is 298 g/mol. The van der Waals surface area contributed by atoms with Crippen LogP contribution in [0.4, 0.5) is 0 Å². The van der Waals surface area contributed by atoms with Crippen molar-refractivity contribution in [1.29, 1.82) is 0 Å². The lowest BCUT2D eigenvalue weighted by Crippen LogP contribution is -3.04. The molecule has 0 radical (unpaired) electrons. The normalized spacial score (nSPS) is 48.4. The molecule has 3 aliphatic heterocycles. The molecule has 3 saturated heterocycles. The lowest BCUT2D eigenvalue weighted by Gasteiger charge is -2.39. The number of aliphatic hydroxyl groups excluding tert-OH is 3. The van der Waals surface area contributed by atoms with Crippen LogP contribution >= 0.6 is 12.2 Å². The van der Waals surface area contributed by atoms with E-state index in [1.54, 1.807) is 5.32 Å². The van der Waals surface area contributed by atoms with Crippen molar-refractivity contribution in [3.8, 4) is 0 Å². The summed E-state index contributed by atoms with van der Waals surface area (Å²) in [6.07, 6.45) is -4.52. The topological polar surface area (TPSA) is 129 Å². The van der Waals surface area contributed by atoms with Crippen LogP contribution in [0.3, 0.4) is 0 Å². The predicted octanol–water partition coefficient (Wildman–Crippen LogP) is -3.85. The molecule has 0 amide bonds. The number of nitrogens with zero attached hydrogens (tertiary/aromatic N) is 2. The number of nitrogens with two attached hydrogens (primary N) is 1. The second-order valence-electron chi connectivity index (χ2n) is 5.76. The highest BCUT2D eigenvalue weighted by molar-refractivity contribution is 7.80. The summed E-state index contributed by atoms with van der Waals surface area (Å²) in [4.78, 5) is 4.49. The fraction of sp³-hybridized carbons (Fsp3) is 0.909. The zero-order chi connectivity index (χ0) is 15.3. The summed E-state index contributed by atoms with van der Waals surface area (Å²) in [6.45, 7) is 0.143. The standard InChI is InChI=1S/C11H20N5O4S/c1-15-3-16(8-5(15)9(21)14-11(12)13-8)10-7(19)6(18)4(2-17)20-10/h4-8,10-13,17-19H,2-3H2,1H3,(H,14,21)/q-1/p+1/t4-,5?,6-,7-,8?,10-,11?/m1/s1. The Bertz CT molecular complexity index is 429. The maximum absolute atomic E-state index is 10.2. The summed E-state index contributed by atoms with van der Waals surface area (Å²) in [5, 5.41) is 34.0. The van der Waals surface area contributed by atoms with Crippen LogP contribution in [0.2, 0.25) is 0 Å². The number of ether oxygens (including phenoxy) is 1. The Morgan fingerprint density at radius 3 is 2.81 bits per heavy atom. The maximum Gasteiger partial charge on any atom is 0.168 e. The third-order valence-electron chi connectivity index (χ3n) is 4.37. The highest BCUT2D eigenvalue weighted by Gasteiger charge is 2.54. The molecule has 7 atom stereocenters. The Hall–Kier alpha value is -0.430. The largest absolute Gasteiger partial charge is 0.605 e. The summed E-state index contributed by atoms with van der Waals surface area (Å²) >= 11 is 5.31. The number of aliphatic hydroxyl groups is 3. The minimum atomic E-state index is -1.12. The Morgan fingerprint density at radius 1 is 1.48 bits per heavy atom. The third-order valence-corrected chi connectivity index (χ3v) is 4.73. The van der Waals surface area contributed by atoms with Crippen LogP contribution in [-0.2, 0) is 4.74 Å². The summed E-state index contributed by atoms with van der Waals surface area (Å²) in [6, 6.07) is -0.0808. The van der Waals surface area contributed by atoms with Gasteiger partial charge in [0, 0.05) is 0 Å². The molecule has 3 aliphatic rings. The van der Waals surface area contributed by atoms with Gasteiger partial charge in [0.2, 0.25) is 0 Å². The van der Waals surface area contributed by atoms with Gasteiger partial charge in [0.15, 0.2) is 6.17 Å². The molecule has 0 bridgehead atoms. The van der Waals surface area contributed by atoms with Gasteiger partial charge in [-0.3, -0.25) is 4.90 Å². The Morgan fingerprint density at radius 2 is 2.19 bits per heavy atom. The van der Waals surface area contributed by atoms with Crippen LogP contribution in [0.1, 0.15) is 0 Å². The summed E-state index contributed by atoms with van der Waals surface area (Å²) in [5.41, 5.74) is 7.85. The van der Waals surface area contributed by atoms with Gasteiger partial charge in [-0.1, -0.05) is 12.2 Å². The van der Waals surface area contributed by atoms with Gasteiger partial charge in [-0.05, 0) is 7.05 Å². The van der Waals surface area contributed by atoms with Crippen LogP contribution in [0.25, 0.3) is 5.73 Å². The number of hydrogen-bond donors (Lipinski definition) is 5. The summed E-state index contributed by atoms with van der Waals surface area (Å²) < 4.78 is 5.59. The van der Waals surface area contributed by atoms with Gasteiger partial charge in [-0.15, -0.1) is 0 Å². The van der Waals surface area contributed by atoms with Crippen molar-refractivity contribution in [3.63, 3.8) is 0 Å². The second-order valence-corrected chi connectivity index (χ2v) is 6.20. The number of nitrogens with one attached hydrogen (secondary N) is 2. The Kier molecular flexibility index (Phi) is 4.16. The van der Waals surface area contributed by atoms with Crippen LogP contribution in [0.15, 0.2) is 0 Å². The van der Waals surface area contributed by atoms with Gasteiger partial charge in [0.05, 0.1) is 19.6 Å². The molecule has 0 aromatic heterocycles. The average molecular weight is 319 g/mol. The Labute approximate surface area is 127 Å². The van der Waals surface area contributed by atoms with Gasteiger partial charge >= 0.3 is 0 Å². The quantitative estimate of drug-likeness (QED) is 0.327. The van der Waals surface area contributed by atoms with Crippen molar-refractivity contribution in [1.82, 2.24) is 15.1 Å². The maximum atomic E-state index is 10.2. The van der Waals surface area contributed by atoms with E-state index in [4.69, 9.17) is 22.7 Å². The fourth-order valence-corrected chi connectivity index (χ4v) is 3.79. The molecule has 0 saturated carbocycles. The van der Waals surface area contributed by atoms with E-state index in [-0.39, 0.29) is 18.8 Å². The molecule has 21 heavy (non-hydrogen) atoms. The van der Waals surface area contributed by atoms with Gasteiger partial charge < -0.3 is 36.4 Å². The van der Waals surface area contributed by atoms with E-state index in [9.17, 15) is 15.3 Å². The highest BCUT2D eigenvalue weighted by atomic mass is 32.1. The van der Waals surface area contributed by atoms with E-state index in [0.29, 0.717) is 11.7 Å². The summed E-state index contributed by atoms with van der Waals surface area (Å²) in [7, 11) is 1.91. The third kappa shape index (κ3) is 2.46. The molecule has 10 heteroatoms. The molecule has 120 valence electrons.